The van der Waals surface area contributed by atoms with E-state index in [0.717, 1.165) is 11.1 Å². The van der Waals surface area contributed by atoms with Crippen molar-refractivity contribution in [3.63, 3.8) is 0 Å². The Morgan fingerprint density at radius 3 is 2.06 bits per heavy atom. The zero-order valence-electron chi connectivity index (χ0n) is 24.5. The zero-order valence-corrected chi connectivity index (χ0v) is 26.1. The van der Waals surface area contributed by atoms with Crippen LogP contribution in [0, 0.1) is 0 Å². The van der Waals surface area contributed by atoms with E-state index in [1.54, 1.807) is 84.9 Å². The van der Waals surface area contributed by atoms with Crippen molar-refractivity contribution in [2.24, 2.45) is 10.1 Å². The number of halogens is 1. The molecule has 0 saturated heterocycles. The van der Waals surface area contributed by atoms with Crippen molar-refractivity contribution < 1.29 is 22.2 Å². The molecule has 0 spiro atoms. The van der Waals surface area contributed by atoms with Crippen LogP contribution in [0.4, 0.5) is 5.69 Å². The summed E-state index contributed by atoms with van der Waals surface area (Å²) in [6.45, 7) is 0. The number of anilines is 1. The van der Waals surface area contributed by atoms with Gasteiger partial charge in [-0.25, -0.2) is 10.4 Å². The van der Waals surface area contributed by atoms with E-state index in [1.165, 1.54) is 35.4 Å². The molecular formula is C36H25ClN4O5S. The number of hydrazone groups is 1. The maximum absolute atomic E-state index is 13.8. The number of rotatable bonds is 9. The van der Waals surface area contributed by atoms with Crippen LogP contribution < -0.4 is 14.5 Å². The molecule has 232 valence electrons. The molecule has 0 unspecified atom stereocenters. The predicted molar refractivity (Wildman–Crippen MR) is 182 cm³/mol. The van der Waals surface area contributed by atoms with Crippen molar-refractivity contribution in [1.29, 1.82) is 0 Å². The van der Waals surface area contributed by atoms with E-state index in [4.69, 9.17) is 15.8 Å². The van der Waals surface area contributed by atoms with Crippen molar-refractivity contribution in [3.05, 3.63) is 166 Å². The van der Waals surface area contributed by atoms with Gasteiger partial charge < -0.3 is 4.18 Å². The van der Waals surface area contributed by atoms with Gasteiger partial charge in [0, 0.05) is 16.1 Å². The van der Waals surface area contributed by atoms with Crippen LogP contribution in [0.1, 0.15) is 27.0 Å². The normalized spacial score (nSPS) is 14.0. The molecule has 1 aliphatic heterocycles. The highest BCUT2D eigenvalue weighted by Crippen LogP contribution is 2.29. The third-order valence-corrected chi connectivity index (χ3v) is 8.46. The summed E-state index contributed by atoms with van der Waals surface area (Å²) in [5, 5.41) is 4.60. The van der Waals surface area contributed by atoms with Gasteiger partial charge in [0.1, 0.15) is 22.2 Å². The van der Waals surface area contributed by atoms with Gasteiger partial charge in [0.15, 0.2) is 0 Å². The Kier molecular flexibility index (Phi) is 9.05. The number of benzene rings is 5. The molecule has 0 saturated carbocycles. The lowest BCUT2D eigenvalue weighted by molar-refractivity contribution is -0.113. The number of carbonyl (C=O) groups is 2. The number of aliphatic imine (C=N–C) groups is 1. The third kappa shape index (κ3) is 7.36. The van der Waals surface area contributed by atoms with Crippen LogP contribution in [0.2, 0.25) is 5.02 Å². The molecule has 11 heteroatoms. The number of nitrogens with zero attached hydrogens (tertiary/aromatic N) is 3. The largest absolute Gasteiger partial charge is 0.379 e. The highest BCUT2D eigenvalue weighted by molar-refractivity contribution is 7.87. The Hall–Kier alpha value is -5.84. The van der Waals surface area contributed by atoms with Gasteiger partial charge in [-0.3, -0.25) is 14.5 Å². The van der Waals surface area contributed by atoms with Gasteiger partial charge in [0.2, 0.25) is 0 Å². The summed E-state index contributed by atoms with van der Waals surface area (Å²) >= 11 is 5.90. The second-order valence-electron chi connectivity index (χ2n) is 10.2. The van der Waals surface area contributed by atoms with E-state index in [9.17, 15) is 18.0 Å². The number of carbonyl (C=O) groups excluding carboxylic acids is 2. The lowest BCUT2D eigenvalue weighted by atomic mass is 10.1. The molecular weight excluding hydrogens is 636 g/mol. The van der Waals surface area contributed by atoms with Gasteiger partial charge in [0.25, 0.3) is 11.8 Å². The highest BCUT2D eigenvalue weighted by Gasteiger charge is 2.32. The molecule has 0 bridgehead atoms. The van der Waals surface area contributed by atoms with Gasteiger partial charge in [0.05, 0.1) is 11.9 Å². The summed E-state index contributed by atoms with van der Waals surface area (Å²) in [6, 6.07) is 36.9. The number of hydrogen-bond acceptors (Lipinski definition) is 7. The second-order valence-corrected chi connectivity index (χ2v) is 12.2. The molecule has 0 fully saturated rings. The van der Waals surface area contributed by atoms with E-state index in [0.29, 0.717) is 27.7 Å². The van der Waals surface area contributed by atoms with Gasteiger partial charge in [-0.2, -0.15) is 13.5 Å². The Morgan fingerprint density at radius 2 is 1.40 bits per heavy atom. The van der Waals surface area contributed by atoms with Crippen LogP contribution in [-0.2, 0) is 14.9 Å². The molecule has 47 heavy (non-hydrogen) atoms. The van der Waals surface area contributed by atoms with Crippen molar-refractivity contribution in [1.82, 2.24) is 5.43 Å². The summed E-state index contributed by atoms with van der Waals surface area (Å²) in [5.74, 6) is -0.249. The lowest BCUT2D eigenvalue weighted by Crippen LogP contribution is -2.32. The molecule has 9 nitrogen and oxygen atoms in total. The highest BCUT2D eigenvalue weighted by atomic mass is 35.5. The summed E-state index contributed by atoms with van der Waals surface area (Å²) in [7, 11) is -3.99. The van der Waals surface area contributed by atoms with Crippen LogP contribution in [-0.4, -0.2) is 32.3 Å². The fourth-order valence-electron chi connectivity index (χ4n) is 4.62. The van der Waals surface area contributed by atoms with E-state index >= 15 is 0 Å². The molecule has 0 aromatic heterocycles. The maximum Gasteiger partial charge on any atom is 0.339 e. The van der Waals surface area contributed by atoms with Crippen molar-refractivity contribution in [2.75, 3.05) is 4.90 Å². The topological polar surface area (TPSA) is 117 Å². The van der Waals surface area contributed by atoms with E-state index in [-0.39, 0.29) is 22.2 Å². The van der Waals surface area contributed by atoms with Crippen LogP contribution in [0.15, 0.2) is 154 Å². The fraction of sp³-hybridized carbons (Fsp3) is 0. The summed E-state index contributed by atoms with van der Waals surface area (Å²) in [5.41, 5.74) is 5.63. The number of amidine groups is 1. The second kappa shape index (κ2) is 13.7. The third-order valence-electron chi connectivity index (χ3n) is 6.95. The Labute approximate surface area is 276 Å². The molecule has 0 atom stereocenters. The number of nitrogens with one attached hydrogen (secondary N) is 1. The molecule has 1 heterocycles. The molecule has 2 amide bonds. The number of amides is 2. The van der Waals surface area contributed by atoms with Gasteiger partial charge in [-0.1, -0.05) is 84.4 Å². The summed E-state index contributed by atoms with van der Waals surface area (Å²) < 4.78 is 30.4. The first-order chi connectivity index (χ1) is 22.8. The Balaban J connectivity index is 1.21. The average Bonchev–Trinajstić information content (AvgIpc) is 3.42. The lowest BCUT2D eigenvalue weighted by Gasteiger charge is -2.18. The van der Waals surface area contributed by atoms with Gasteiger partial charge in [-0.15, -0.1) is 0 Å². The first-order valence-corrected chi connectivity index (χ1v) is 16.0. The predicted octanol–water partition coefficient (Wildman–Crippen LogP) is 6.71. The smallest absolute Gasteiger partial charge is 0.339 e. The van der Waals surface area contributed by atoms with Crippen molar-refractivity contribution in [3.8, 4) is 5.75 Å². The van der Waals surface area contributed by atoms with Crippen LogP contribution in [0.25, 0.3) is 6.08 Å². The average molecular weight is 661 g/mol. The monoisotopic (exact) mass is 660 g/mol. The molecule has 6 rings (SSSR count). The van der Waals surface area contributed by atoms with Crippen LogP contribution in [0.3, 0.4) is 0 Å². The van der Waals surface area contributed by atoms with Crippen molar-refractivity contribution >= 4 is 57.3 Å². The molecule has 1 aliphatic rings. The Morgan fingerprint density at radius 1 is 0.787 bits per heavy atom. The standard InChI is InChI=1S/C36H25ClN4O5S/c37-29-17-11-26(12-18-29)24-38-40-35(42)28-15-19-30(20-16-28)41-34(27-7-3-1-4-8-27)39-33(36(41)43)23-25-13-21-31(22-14-25)46-47(44,45)32-9-5-2-6-10-32/h1-24H,(H,40,42)/b33-23-,38-24+. The van der Waals surface area contributed by atoms with E-state index in [2.05, 4.69) is 15.5 Å². The minimum Gasteiger partial charge on any atom is -0.379 e. The van der Waals surface area contributed by atoms with Crippen LogP contribution in [0.5, 0.6) is 5.75 Å². The first kappa shape index (κ1) is 31.2. The molecule has 1 N–H and O–H groups in total. The minimum absolute atomic E-state index is 0.0435. The minimum atomic E-state index is -3.99. The van der Waals surface area contributed by atoms with Crippen molar-refractivity contribution in [2.45, 2.75) is 4.90 Å². The fourth-order valence-corrected chi connectivity index (χ4v) is 5.69. The summed E-state index contributed by atoms with van der Waals surface area (Å²) in [4.78, 5) is 32.6. The van der Waals surface area contributed by atoms with Gasteiger partial charge >= 0.3 is 10.1 Å². The summed E-state index contributed by atoms with van der Waals surface area (Å²) in [6.07, 6.45) is 3.12. The van der Waals surface area contributed by atoms with Crippen LogP contribution >= 0.6 is 11.6 Å². The molecule has 5 aromatic rings. The molecule has 0 aliphatic carbocycles. The molecule has 0 radical (unpaired) electrons. The maximum atomic E-state index is 13.8. The van der Waals surface area contributed by atoms with E-state index in [1.807, 2.05) is 30.3 Å². The molecule has 5 aromatic carbocycles. The van der Waals surface area contributed by atoms with Gasteiger partial charge in [-0.05, 0) is 77.9 Å². The SMILES string of the molecule is O=C(N/N=C/c1ccc(Cl)cc1)c1ccc(N2C(=O)/C(=C/c3ccc(OS(=O)(=O)c4ccccc4)cc3)N=C2c2ccccc2)cc1. The number of hydrogen-bond donors (Lipinski definition) is 1. The Bertz CT molecular complexity index is 2120. The first-order valence-electron chi connectivity index (χ1n) is 14.3. The zero-order chi connectivity index (χ0) is 32.8. The quantitative estimate of drug-likeness (QED) is 0.0817. The van der Waals surface area contributed by atoms with E-state index < -0.39 is 16.0 Å².